The highest BCUT2D eigenvalue weighted by molar-refractivity contribution is 5.85. The van der Waals surface area contributed by atoms with Gasteiger partial charge < -0.3 is 11.5 Å². The molecule has 0 unspecified atom stereocenters. The van der Waals surface area contributed by atoms with Crippen LogP contribution in [0.25, 0.3) is 0 Å². The summed E-state index contributed by atoms with van der Waals surface area (Å²) < 4.78 is 37.0. The first kappa shape index (κ1) is 17.2. The predicted octanol–water partition coefficient (Wildman–Crippen LogP) is 3.26. The van der Waals surface area contributed by atoms with Crippen molar-refractivity contribution in [3.63, 3.8) is 0 Å². The van der Waals surface area contributed by atoms with E-state index in [-0.39, 0.29) is 18.4 Å². The van der Waals surface area contributed by atoms with E-state index in [1.54, 1.807) is 0 Å². The Bertz CT molecular complexity index is 338. The lowest BCUT2D eigenvalue weighted by Gasteiger charge is -2.13. The van der Waals surface area contributed by atoms with E-state index in [0.717, 1.165) is 37.0 Å². The van der Waals surface area contributed by atoms with Crippen LogP contribution in [0, 0.1) is 0 Å². The molecule has 104 valence electrons. The zero-order chi connectivity index (χ0) is 12.9. The second-order valence-corrected chi connectivity index (χ2v) is 4.01. The Labute approximate surface area is 111 Å². The third-order valence-electron chi connectivity index (χ3n) is 2.64. The quantitative estimate of drug-likeness (QED) is 0.815. The van der Waals surface area contributed by atoms with Gasteiger partial charge in [-0.3, -0.25) is 0 Å². The maximum Gasteiger partial charge on any atom is 0.416 e. The number of rotatable bonds is 5. The largest absolute Gasteiger partial charge is 0.416 e. The molecule has 0 aliphatic carbocycles. The Kier molecular flexibility index (Phi) is 7.28. The summed E-state index contributed by atoms with van der Waals surface area (Å²) in [6, 6.07) is 4.80. The molecule has 4 N–H and O–H groups in total. The van der Waals surface area contributed by atoms with Gasteiger partial charge in [-0.15, -0.1) is 12.4 Å². The molecule has 1 atom stereocenters. The maximum atomic E-state index is 12.3. The summed E-state index contributed by atoms with van der Waals surface area (Å²) in [5.74, 6) is 0. The van der Waals surface area contributed by atoms with Crippen LogP contribution < -0.4 is 11.5 Å². The Balaban J connectivity index is 0.00000289. The third-order valence-corrected chi connectivity index (χ3v) is 2.64. The van der Waals surface area contributed by atoms with Gasteiger partial charge in [0.25, 0.3) is 0 Å². The Morgan fingerprint density at radius 3 is 2.06 bits per heavy atom. The molecule has 0 aromatic heterocycles. The van der Waals surface area contributed by atoms with Gasteiger partial charge in [-0.2, -0.15) is 13.2 Å². The van der Waals surface area contributed by atoms with Gasteiger partial charge in [0.05, 0.1) is 5.56 Å². The van der Waals surface area contributed by atoms with Gasteiger partial charge in [0.15, 0.2) is 0 Å². The molecule has 0 spiro atoms. The summed E-state index contributed by atoms with van der Waals surface area (Å²) in [6.45, 7) is 0.611. The second-order valence-electron chi connectivity index (χ2n) is 4.01. The number of unbranched alkanes of at least 4 members (excludes halogenated alkanes) is 1. The zero-order valence-electron chi connectivity index (χ0n) is 9.91. The highest BCUT2D eigenvalue weighted by atomic mass is 35.5. The standard InChI is InChI=1S/C12H17F3N2.ClH/c13-12(14,15)10-6-4-9(5-7-10)11(17)3-1-2-8-16;/h4-7,11H,1-3,8,16-17H2;1H/t11-;/m0./s1. The van der Waals surface area contributed by atoms with Gasteiger partial charge in [-0.1, -0.05) is 18.6 Å². The van der Waals surface area contributed by atoms with Crippen molar-refractivity contribution in [1.29, 1.82) is 0 Å². The summed E-state index contributed by atoms with van der Waals surface area (Å²) in [5, 5.41) is 0. The fourth-order valence-electron chi connectivity index (χ4n) is 1.59. The van der Waals surface area contributed by atoms with Crippen molar-refractivity contribution in [1.82, 2.24) is 0 Å². The van der Waals surface area contributed by atoms with Crippen LogP contribution in [0.3, 0.4) is 0 Å². The van der Waals surface area contributed by atoms with Crippen LogP contribution in [0.5, 0.6) is 0 Å². The van der Waals surface area contributed by atoms with Gasteiger partial charge in [-0.05, 0) is 37.1 Å². The summed E-state index contributed by atoms with van der Waals surface area (Å²) >= 11 is 0. The lowest BCUT2D eigenvalue weighted by molar-refractivity contribution is -0.137. The fourth-order valence-corrected chi connectivity index (χ4v) is 1.59. The van der Waals surface area contributed by atoms with E-state index in [1.807, 2.05) is 0 Å². The molecular weight excluding hydrogens is 265 g/mol. The van der Waals surface area contributed by atoms with Crippen LogP contribution in [-0.2, 0) is 6.18 Å². The van der Waals surface area contributed by atoms with Crippen LogP contribution in [-0.4, -0.2) is 6.54 Å². The van der Waals surface area contributed by atoms with Crippen molar-refractivity contribution in [3.8, 4) is 0 Å². The number of halogens is 4. The second kappa shape index (κ2) is 7.61. The van der Waals surface area contributed by atoms with Crippen molar-refractivity contribution < 1.29 is 13.2 Å². The molecule has 6 heteroatoms. The van der Waals surface area contributed by atoms with Crippen LogP contribution in [0.2, 0.25) is 0 Å². The van der Waals surface area contributed by atoms with Crippen LogP contribution in [0.4, 0.5) is 13.2 Å². The molecule has 1 aromatic rings. The van der Waals surface area contributed by atoms with Crippen molar-refractivity contribution in [2.45, 2.75) is 31.5 Å². The van der Waals surface area contributed by atoms with Gasteiger partial charge >= 0.3 is 6.18 Å². The molecular formula is C12H18ClF3N2. The normalized spacial score (nSPS) is 12.9. The maximum absolute atomic E-state index is 12.3. The third kappa shape index (κ3) is 5.25. The topological polar surface area (TPSA) is 52.0 Å². The molecule has 0 aliphatic rings. The van der Waals surface area contributed by atoms with Crippen molar-refractivity contribution >= 4 is 12.4 Å². The SMILES string of the molecule is Cl.NCCCC[C@H](N)c1ccc(C(F)(F)F)cc1. The highest BCUT2D eigenvalue weighted by Crippen LogP contribution is 2.30. The van der Waals surface area contributed by atoms with Gasteiger partial charge in [0.1, 0.15) is 0 Å². The van der Waals surface area contributed by atoms with Crippen molar-refractivity contribution in [3.05, 3.63) is 35.4 Å². The van der Waals surface area contributed by atoms with E-state index in [0.29, 0.717) is 6.54 Å². The number of nitrogens with two attached hydrogens (primary N) is 2. The lowest BCUT2D eigenvalue weighted by Crippen LogP contribution is -2.12. The first-order chi connectivity index (χ1) is 7.95. The van der Waals surface area contributed by atoms with E-state index >= 15 is 0 Å². The van der Waals surface area contributed by atoms with Crippen LogP contribution >= 0.6 is 12.4 Å². The van der Waals surface area contributed by atoms with E-state index in [9.17, 15) is 13.2 Å². The monoisotopic (exact) mass is 282 g/mol. The molecule has 0 heterocycles. The summed E-state index contributed by atoms with van der Waals surface area (Å²) in [5.41, 5.74) is 11.3. The predicted molar refractivity (Wildman–Crippen MR) is 68.5 cm³/mol. The van der Waals surface area contributed by atoms with Gasteiger partial charge in [0.2, 0.25) is 0 Å². The number of hydrogen-bond donors (Lipinski definition) is 2. The molecule has 1 rings (SSSR count). The summed E-state index contributed by atoms with van der Waals surface area (Å²) in [6.07, 6.45) is -1.78. The average molecular weight is 283 g/mol. The van der Waals surface area contributed by atoms with Crippen LogP contribution in [0.15, 0.2) is 24.3 Å². The summed E-state index contributed by atoms with van der Waals surface area (Å²) in [7, 11) is 0. The van der Waals surface area contributed by atoms with Gasteiger partial charge in [-0.25, -0.2) is 0 Å². The molecule has 0 bridgehead atoms. The molecule has 0 fully saturated rings. The fraction of sp³-hybridized carbons (Fsp3) is 0.500. The van der Waals surface area contributed by atoms with Crippen molar-refractivity contribution in [2.24, 2.45) is 11.5 Å². The molecule has 0 amide bonds. The molecule has 0 radical (unpaired) electrons. The Morgan fingerprint density at radius 2 is 1.61 bits per heavy atom. The number of alkyl halides is 3. The Morgan fingerprint density at radius 1 is 1.06 bits per heavy atom. The molecule has 0 saturated carbocycles. The van der Waals surface area contributed by atoms with E-state index < -0.39 is 11.7 Å². The van der Waals surface area contributed by atoms with E-state index in [1.165, 1.54) is 12.1 Å². The van der Waals surface area contributed by atoms with E-state index in [2.05, 4.69) is 0 Å². The zero-order valence-corrected chi connectivity index (χ0v) is 10.7. The van der Waals surface area contributed by atoms with Crippen LogP contribution in [0.1, 0.15) is 36.4 Å². The minimum absolute atomic E-state index is 0. The molecule has 18 heavy (non-hydrogen) atoms. The number of hydrogen-bond acceptors (Lipinski definition) is 2. The first-order valence-corrected chi connectivity index (χ1v) is 5.58. The Hall–Kier alpha value is -0.780. The lowest BCUT2D eigenvalue weighted by atomic mass is 10.0. The van der Waals surface area contributed by atoms with Gasteiger partial charge in [0, 0.05) is 6.04 Å². The first-order valence-electron chi connectivity index (χ1n) is 5.58. The summed E-state index contributed by atoms with van der Waals surface area (Å²) in [4.78, 5) is 0. The average Bonchev–Trinajstić information content (AvgIpc) is 2.28. The van der Waals surface area contributed by atoms with Crippen molar-refractivity contribution in [2.75, 3.05) is 6.54 Å². The number of benzene rings is 1. The molecule has 2 nitrogen and oxygen atoms in total. The minimum Gasteiger partial charge on any atom is -0.330 e. The highest BCUT2D eigenvalue weighted by Gasteiger charge is 2.30. The molecule has 0 aliphatic heterocycles. The molecule has 0 saturated heterocycles. The smallest absolute Gasteiger partial charge is 0.330 e. The minimum atomic E-state index is -4.29. The van der Waals surface area contributed by atoms with E-state index in [4.69, 9.17) is 11.5 Å². The molecule has 1 aromatic carbocycles.